The predicted molar refractivity (Wildman–Crippen MR) is 79.1 cm³/mol. The van der Waals surface area contributed by atoms with Crippen molar-refractivity contribution in [3.8, 4) is 0 Å². The summed E-state index contributed by atoms with van der Waals surface area (Å²) in [4.78, 5) is 26.2. The molecule has 1 aromatic carbocycles. The van der Waals surface area contributed by atoms with Crippen molar-refractivity contribution in [1.82, 2.24) is 9.55 Å². The number of rotatable bonds is 7. The first kappa shape index (κ1) is 15.0. The van der Waals surface area contributed by atoms with Crippen LogP contribution in [0.4, 0.5) is 0 Å². The molecule has 3 N–H and O–H groups in total. The van der Waals surface area contributed by atoms with Crippen LogP contribution in [-0.4, -0.2) is 26.5 Å². The van der Waals surface area contributed by atoms with Gasteiger partial charge < -0.3 is 15.4 Å². The van der Waals surface area contributed by atoms with Crippen molar-refractivity contribution in [3.63, 3.8) is 0 Å². The molecule has 0 unspecified atom stereocenters. The zero-order valence-electron chi connectivity index (χ0n) is 12.0. The SMILES string of the molecule is CCc1nc2cc(C(=O)O)ccc2n1CCCCC(N)=O. The molecule has 0 fully saturated rings. The molecule has 0 bridgehead atoms. The smallest absolute Gasteiger partial charge is 0.335 e. The molecule has 0 saturated heterocycles. The standard InChI is InChI=1S/C15H19N3O3/c1-2-14-17-11-9-10(15(20)21)6-7-12(11)18(14)8-4-3-5-13(16)19/h6-7,9H,2-5,8H2,1H3,(H2,16,19)(H,20,21). The van der Waals surface area contributed by atoms with Gasteiger partial charge in [-0.1, -0.05) is 6.92 Å². The topological polar surface area (TPSA) is 98.2 Å². The number of aryl methyl sites for hydroxylation is 2. The first-order chi connectivity index (χ1) is 10.0. The van der Waals surface area contributed by atoms with Gasteiger partial charge in [-0.2, -0.15) is 0 Å². The van der Waals surface area contributed by atoms with Crippen molar-refractivity contribution in [2.24, 2.45) is 5.73 Å². The molecular formula is C15H19N3O3. The van der Waals surface area contributed by atoms with Crippen molar-refractivity contribution in [2.75, 3.05) is 0 Å². The van der Waals surface area contributed by atoms with E-state index in [1.807, 2.05) is 6.92 Å². The summed E-state index contributed by atoms with van der Waals surface area (Å²) in [6, 6.07) is 4.97. The van der Waals surface area contributed by atoms with E-state index in [0.717, 1.165) is 37.1 Å². The van der Waals surface area contributed by atoms with Gasteiger partial charge in [0.2, 0.25) is 5.91 Å². The summed E-state index contributed by atoms with van der Waals surface area (Å²) in [6.07, 6.45) is 2.73. The Hall–Kier alpha value is -2.37. The molecule has 0 aliphatic rings. The quantitative estimate of drug-likeness (QED) is 0.761. The van der Waals surface area contributed by atoms with Crippen LogP contribution in [-0.2, 0) is 17.8 Å². The fourth-order valence-corrected chi connectivity index (χ4v) is 2.40. The maximum atomic E-state index is 11.0. The minimum absolute atomic E-state index is 0.239. The third kappa shape index (κ3) is 3.39. The van der Waals surface area contributed by atoms with Crippen LogP contribution in [0, 0.1) is 0 Å². The molecule has 6 heteroatoms. The number of carbonyl (C=O) groups is 2. The molecule has 0 aliphatic heterocycles. The average Bonchev–Trinajstić information content (AvgIpc) is 2.80. The number of benzene rings is 1. The van der Waals surface area contributed by atoms with Gasteiger partial charge in [0.15, 0.2) is 0 Å². The van der Waals surface area contributed by atoms with Crippen molar-refractivity contribution in [2.45, 2.75) is 39.2 Å². The van der Waals surface area contributed by atoms with Gasteiger partial charge in [-0.15, -0.1) is 0 Å². The van der Waals surface area contributed by atoms with E-state index >= 15 is 0 Å². The Labute approximate surface area is 122 Å². The highest BCUT2D eigenvalue weighted by molar-refractivity contribution is 5.92. The van der Waals surface area contributed by atoms with Crippen LogP contribution in [0.3, 0.4) is 0 Å². The number of carbonyl (C=O) groups excluding carboxylic acids is 1. The first-order valence-electron chi connectivity index (χ1n) is 7.03. The van der Waals surface area contributed by atoms with Crippen LogP contribution in [0.15, 0.2) is 18.2 Å². The van der Waals surface area contributed by atoms with E-state index in [9.17, 15) is 9.59 Å². The molecule has 6 nitrogen and oxygen atoms in total. The largest absolute Gasteiger partial charge is 0.478 e. The molecule has 2 rings (SSSR count). The number of nitrogens with two attached hydrogens (primary N) is 1. The molecule has 0 atom stereocenters. The summed E-state index contributed by atoms with van der Waals surface area (Å²) in [5.74, 6) is -0.315. The van der Waals surface area contributed by atoms with Gasteiger partial charge in [0.25, 0.3) is 0 Å². The van der Waals surface area contributed by atoms with Gasteiger partial charge in [-0.05, 0) is 31.0 Å². The van der Waals surface area contributed by atoms with Crippen LogP contribution in [0.25, 0.3) is 11.0 Å². The number of aromatic nitrogens is 2. The van der Waals surface area contributed by atoms with Crippen molar-refractivity contribution in [3.05, 3.63) is 29.6 Å². The fourth-order valence-electron chi connectivity index (χ4n) is 2.40. The maximum absolute atomic E-state index is 11.0. The predicted octanol–water partition coefficient (Wildman–Crippen LogP) is 1.95. The lowest BCUT2D eigenvalue weighted by molar-refractivity contribution is -0.118. The van der Waals surface area contributed by atoms with E-state index in [-0.39, 0.29) is 11.5 Å². The lowest BCUT2D eigenvalue weighted by Gasteiger charge is -2.07. The molecule has 21 heavy (non-hydrogen) atoms. The van der Waals surface area contributed by atoms with Gasteiger partial charge in [-0.3, -0.25) is 4.79 Å². The fraction of sp³-hybridized carbons (Fsp3) is 0.400. The number of unbranched alkanes of at least 4 members (excludes halogenated alkanes) is 1. The van der Waals surface area contributed by atoms with Gasteiger partial charge in [0, 0.05) is 19.4 Å². The van der Waals surface area contributed by atoms with Crippen LogP contribution in [0.1, 0.15) is 42.4 Å². The molecule has 1 heterocycles. The average molecular weight is 289 g/mol. The number of fused-ring (bicyclic) bond motifs is 1. The van der Waals surface area contributed by atoms with Gasteiger partial charge in [0.1, 0.15) is 5.82 Å². The number of hydrogen-bond acceptors (Lipinski definition) is 3. The zero-order chi connectivity index (χ0) is 15.4. The second-order valence-electron chi connectivity index (χ2n) is 4.97. The van der Waals surface area contributed by atoms with Gasteiger partial charge >= 0.3 is 5.97 Å². The number of aromatic carboxylic acids is 1. The number of primary amides is 1. The number of carboxylic acids is 1. The van der Waals surface area contributed by atoms with E-state index in [0.29, 0.717) is 11.9 Å². The molecule has 0 spiro atoms. The van der Waals surface area contributed by atoms with Crippen molar-refractivity contribution < 1.29 is 14.7 Å². The third-order valence-corrected chi connectivity index (χ3v) is 3.45. The Morgan fingerprint density at radius 3 is 2.71 bits per heavy atom. The Morgan fingerprint density at radius 1 is 1.33 bits per heavy atom. The van der Waals surface area contributed by atoms with E-state index in [1.54, 1.807) is 18.2 Å². The van der Waals surface area contributed by atoms with Crippen LogP contribution in [0.5, 0.6) is 0 Å². The lowest BCUT2D eigenvalue weighted by atomic mass is 10.2. The Kier molecular flexibility index (Phi) is 4.57. The van der Waals surface area contributed by atoms with E-state index in [1.165, 1.54) is 0 Å². The molecular weight excluding hydrogens is 270 g/mol. The lowest BCUT2D eigenvalue weighted by Crippen LogP contribution is -2.10. The second kappa shape index (κ2) is 6.39. The Morgan fingerprint density at radius 2 is 2.10 bits per heavy atom. The van der Waals surface area contributed by atoms with Crippen LogP contribution in [0.2, 0.25) is 0 Å². The van der Waals surface area contributed by atoms with E-state index in [2.05, 4.69) is 9.55 Å². The summed E-state index contributed by atoms with van der Waals surface area (Å²) in [6.45, 7) is 2.76. The second-order valence-corrected chi connectivity index (χ2v) is 4.97. The number of carboxylic acid groups (broad SMARTS) is 1. The highest BCUT2D eigenvalue weighted by atomic mass is 16.4. The Balaban J connectivity index is 2.24. The number of amides is 1. The highest BCUT2D eigenvalue weighted by Crippen LogP contribution is 2.19. The van der Waals surface area contributed by atoms with Crippen LogP contribution >= 0.6 is 0 Å². The number of nitrogens with zero attached hydrogens (tertiary/aromatic N) is 2. The Bertz CT molecular complexity index is 676. The van der Waals surface area contributed by atoms with Gasteiger partial charge in [-0.25, -0.2) is 9.78 Å². The maximum Gasteiger partial charge on any atom is 0.335 e. The minimum Gasteiger partial charge on any atom is -0.478 e. The number of imidazole rings is 1. The summed E-state index contributed by atoms with van der Waals surface area (Å²) < 4.78 is 2.09. The van der Waals surface area contributed by atoms with Crippen LogP contribution < -0.4 is 5.73 Å². The molecule has 112 valence electrons. The zero-order valence-corrected chi connectivity index (χ0v) is 12.0. The molecule has 0 aliphatic carbocycles. The number of hydrogen-bond donors (Lipinski definition) is 2. The van der Waals surface area contributed by atoms with Crippen molar-refractivity contribution in [1.29, 1.82) is 0 Å². The van der Waals surface area contributed by atoms with Crippen molar-refractivity contribution >= 4 is 22.9 Å². The monoisotopic (exact) mass is 289 g/mol. The molecule has 2 aromatic rings. The van der Waals surface area contributed by atoms with Gasteiger partial charge in [0.05, 0.1) is 16.6 Å². The summed E-state index contributed by atoms with van der Waals surface area (Å²) in [7, 11) is 0. The molecule has 1 aromatic heterocycles. The van der Waals surface area contributed by atoms with E-state index < -0.39 is 5.97 Å². The highest BCUT2D eigenvalue weighted by Gasteiger charge is 2.12. The summed E-state index contributed by atoms with van der Waals surface area (Å²) in [5.41, 5.74) is 6.99. The summed E-state index contributed by atoms with van der Waals surface area (Å²) >= 11 is 0. The van der Waals surface area contributed by atoms with E-state index in [4.69, 9.17) is 10.8 Å². The first-order valence-corrected chi connectivity index (χ1v) is 7.03. The summed E-state index contributed by atoms with van der Waals surface area (Å²) in [5, 5.41) is 9.02. The molecule has 0 saturated carbocycles. The molecule has 1 amide bonds. The minimum atomic E-state index is -0.953. The molecule has 0 radical (unpaired) electrons. The third-order valence-electron chi connectivity index (χ3n) is 3.45. The normalized spacial score (nSPS) is 10.9.